The average Bonchev–Trinajstić information content (AvgIpc) is 3.17. The Bertz CT molecular complexity index is 900. The zero-order valence-electron chi connectivity index (χ0n) is 16.8. The Balaban J connectivity index is 1.90. The van der Waals surface area contributed by atoms with E-state index in [9.17, 15) is 14.4 Å². The number of carbonyl (C=O) groups excluding carboxylic acids is 3. The zero-order valence-corrected chi connectivity index (χ0v) is 16.8. The maximum absolute atomic E-state index is 12.6. The molecule has 0 aliphatic carbocycles. The summed E-state index contributed by atoms with van der Waals surface area (Å²) in [6, 6.07) is 5.65. The van der Waals surface area contributed by atoms with E-state index < -0.39 is 0 Å². The van der Waals surface area contributed by atoms with Crippen molar-refractivity contribution in [2.45, 2.75) is 12.8 Å². The van der Waals surface area contributed by atoms with Crippen LogP contribution in [0.15, 0.2) is 18.2 Å². The van der Waals surface area contributed by atoms with Crippen molar-refractivity contribution in [3.63, 3.8) is 0 Å². The van der Waals surface area contributed by atoms with Crippen molar-refractivity contribution in [1.82, 2.24) is 25.0 Å². The molecule has 0 unspecified atom stereocenters. The van der Waals surface area contributed by atoms with Crippen LogP contribution < -0.4 is 5.32 Å². The van der Waals surface area contributed by atoms with E-state index in [1.54, 1.807) is 19.0 Å². The van der Waals surface area contributed by atoms with E-state index in [1.165, 1.54) is 4.90 Å². The lowest BCUT2D eigenvalue weighted by molar-refractivity contribution is -0.124. The van der Waals surface area contributed by atoms with E-state index in [0.717, 1.165) is 35.0 Å². The summed E-state index contributed by atoms with van der Waals surface area (Å²) in [5, 5.41) is 3.55. The fraction of sp³-hybridized carbons (Fsp3) is 0.450. The quantitative estimate of drug-likeness (QED) is 0.698. The maximum atomic E-state index is 12.6. The highest BCUT2D eigenvalue weighted by Gasteiger charge is 2.27. The largest absolute Gasteiger partial charge is 0.350 e. The Kier molecular flexibility index (Phi) is 5.69. The highest BCUT2D eigenvalue weighted by atomic mass is 16.2. The summed E-state index contributed by atoms with van der Waals surface area (Å²) in [4.78, 5) is 44.3. The molecule has 3 rings (SSSR count). The average molecular weight is 385 g/mol. The van der Waals surface area contributed by atoms with Gasteiger partial charge in [0.25, 0.3) is 5.91 Å². The number of benzene rings is 1. The monoisotopic (exact) mass is 385 g/mol. The van der Waals surface area contributed by atoms with Crippen molar-refractivity contribution < 1.29 is 14.4 Å². The molecule has 1 saturated heterocycles. The summed E-state index contributed by atoms with van der Waals surface area (Å²) >= 11 is 0. The number of imide groups is 1. The van der Waals surface area contributed by atoms with Crippen LogP contribution in [0.4, 0.5) is 4.79 Å². The van der Waals surface area contributed by atoms with Gasteiger partial charge in [-0.3, -0.25) is 14.5 Å². The molecule has 0 bridgehead atoms. The number of nitrogens with one attached hydrogen (secondary N) is 2. The molecule has 1 aliphatic rings. The second-order valence-electron chi connectivity index (χ2n) is 7.57. The van der Waals surface area contributed by atoms with Gasteiger partial charge in [0.1, 0.15) is 5.69 Å². The van der Waals surface area contributed by atoms with Crippen molar-refractivity contribution >= 4 is 28.7 Å². The molecule has 1 fully saturated rings. The van der Waals surface area contributed by atoms with E-state index in [2.05, 4.69) is 21.3 Å². The molecule has 1 aromatic carbocycles. The van der Waals surface area contributed by atoms with Crippen LogP contribution >= 0.6 is 0 Å². The number of aromatic nitrogens is 1. The second-order valence-corrected chi connectivity index (χ2v) is 7.57. The normalized spacial score (nSPS) is 14.2. The van der Waals surface area contributed by atoms with Crippen LogP contribution in [-0.4, -0.2) is 85.4 Å². The lowest BCUT2D eigenvalue weighted by Crippen LogP contribution is -2.32. The van der Waals surface area contributed by atoms with Gasteiger partial charge in [0, 0.05) is 38.1 Å². The molecule has 28 heavy (non-hydrogen) atoms. The second kappa shape index (κ2) is 8.02. The summed E-state index contributed by atoms with van der Waals surface area (Å²) in [6.07, 6.45) is 1.32. The van der Waals surface area contributed by atoms with Gasteiger partial charge in [-0.2, -0.15) is 0 Å². The third kappa shape index (κ3) is 4.01. The maximum Gasteiger partial charge on any atom is 0.324 e. The van der Waals surface area contributed by atoms with Gasteiger partial charge in [0.15, 0.2) is 0 Å². The molecule has 150 valence electrons. The molecule has 1 aliphatic heterocycles. The number of urea groups is 1. The van der Waals surface area contributed by atoms with Crippen LogP contribution in [0.5, 0.6) is 0 Å². The first-order valence-corrected chi connectivity index (χ1v) is 9.36. The summed E-state index contributed by atoms with van der Waals surface area (Å²) in [5.74, 6) is -0.246. The number of fused-ring (bicyclic) bond motifs is 1. The predicted octanol–water partition coefficient (Wildman–Crippen LogP) is 1.07. The molecule has 0 spiro atoms. The number of rotatable bonds is 7. The number of H-pyrrole nitrogens is 1. The number of likely N-dealkylation sites (N-methyl/N-ethyl adjacent to an activating group) is 1. The van der Waals surface area contributed by atoms with Crippen LogP contribution in [0, 0.1) is 0 Å². The van der Waals surface area contributed by atoms with Gasteiger partial charge in [-0.25, -0.2) is 4.79 Å². The number of carbonyl (C=O) groups is 3. The third-order valence-electron chi connectivity index (χ3n) is 4.96. The van der Waals surface area contributed by atoms with Gasteiger partial charge in [-0.15, -0.1) is 0 Å². The molecule has 4 amide bonds. The fourth-order valence-corrected chi connectivity index (χ4v) is 3.37. The minimum Gasteiger partial charge on any atom is -0.350 e. The Hall–Kier alpha value is -2.87. The van der Waals surface area contributed by atoms with E-state index >= 15 is 0 Å². The van der Waals surface area contributed by atoms with Crippen molar-refractivity contribution in [1.29, 1.82) is 0 Å². The number of aromatic amines is 1. The highest BCUT2D eigenvalue weighted by molar-refractivity contribution is 6.02. The van der Waals surface area contributed by atoms with Crippen LogP contribution in [0.2, 0.25) is 0 Å². The molecule has 8 nitrogen and oxygen atoms in total. The number of hydrogen-bond acceptors (Lipinski definition) is 4. The van der Waals surface area contributed by atoms with Crippen LogP contribution in [0.1, 0.15) is 21.6 Å². The van der Waals surface area contributed by atoms with E-state index in [0.29, 0.717) is 18.7 Å². The van der Waals surface area contributed by atoms with E-state index in [1.807, 2.05) is 26.2 Å². The predicted molar refractivity (Wildman–Crippen MR) is 107 cm³/mol. The topological polar surface area (TPSA) is 88.8 Å². The first-order valence-electron chi connectivity index (χ1n) is 9.36. The lowest BCUT2D eigenvalue weighted by atomic mass is 10.0. The minimum atomic E-state index is -0.335. The molecule has 2 aromatic rings. The number of amides is 4. The lowest BCUT2D eigenvalue weighted by Gasteiger charge is -2.13. The molecule has 2 N–H and O–H groups in total. The van der Waals surface area contributed by atoms with E-state index in [4.69, 9.17) is 0 Å². The zero-order chi connectivity index (χ0) is 20.4. The molecule has 0 atom stereocenters. The molecule has 8 heteroatoms. The highest BCUT2D eigenvalue weighted by Crippen LogP contribution is 2.26. The Morgan fingerprint density at radius 1 is 1.14 bits per heavy atom. The Morgan fingerprint density at radius 3 is 2.50 bits per heavy atom. The molecule has 2 heterocycles. The van der Waals surface area contributed by atoms with Gasteiger partial charge in [0.05, 0.1) is 6.54 Å². The third-order valence-corrected chi connectivity index (χ3v) is 4.96. The fourth-order valence-electron chi connectivity index (χ4n) is 3.37. The van der Waals surface area contributed by atoms with E-state index in [-0.39, 0.29) is 24.4 Å². The Labute approximate surface area is 164 Å². The first kappa shape index (κ1) is 19.9. The summed E-state index contributed by atoms with van der Waals surface area (Å²) in [6.45, 7) is 1.24. The standard InChI is InChI=1S/C20H27N5O3/c1-23(2)9-8-14-15-11-13(7-10-25-17(26)12-21-20(25)28)5-6-16(15)22-18(14)19(27)24(3)4/h5-6,11,22H,7-10,12H2,1-4H3,(H,21,28). The Morgan fingerprint density at radius 2 is 1.89 bits per heavy atom. The first-order chi connectivity index (χ1) is 13.3. The van der Waals surface area contributed by atoms with Gasteiger partial charge in [-0.05, 0) is 50.2 Å². The molecule has 1 aromatic heterocycles. The number of nitrogens with zero attached hydrogens (tertiary/aromatic N) is 3. The van der Waals surface area contributed by atoms with Gasteiger partial charge < -0.3 is 20.1 Å². The van der Waals surface area contributed by atoms with Gasteiger partial charge >= 0.3 is 6.03 Å². The molecule has 0 saturated carbocycles. The van der Waals surface area contributed by atoms with Crippen molar-refractivity contribution in [3.8, 4) is 0 Å². The summed E-state index contributed by atoms with van der Waals surface area (Å²) in [7, 11) is 7.50. The molecule has 0 radical (unpaired) electrons. The molecular weight excluding hydrogens is 358 g/mol. The van der Waals surface area contributed by atoms with Gasteiger partial charge in [0.2, 0.25) is 5.91 Å². The summed E-state index contributed by atoms with van der Waals surface area (Å²) in [5.41, 5.74) is 3.55. The van der Waals surface area contributed by atoms with Crippen molar-refractivity contribution in [2.75, 3.05) is 47.8 Å². The summed E-state index contributed by atoms with van der Waals surface area (Å²) < 4.78 is 0. The number of hydrogen-bond donors (Lipinski definition) is 2. The van der Waals surface area contributed by atoms with Gasteiger partial charge in [-0.1, -0.05) is 6.07 Å². The van der Waals surface area contributed by atoms with Crippen LogP contribution in [0.3, 0.4) is 0 Å². The SMILES string of the molecule is CN(C)CCc1c(C(=O)N(C)C)[nH]c2ccc(CCN3C(=O)CNC3=O)cc12. The smallest absolute Gasteiger partial charge is 0.324 e. The van der Waals surface area contributed by atoms with Crippen LogP contribution in [-0.2, 0) is 17.6 Å². The van der Waals surface area contributed by atoms with Crippen LogP contribution in [0.25, 0.3) is 10.9 Å². The van der Waals surface area contributed by atoms with Crippen molar-refractivity contribution in [2.24, 2.45) is 0 Å². The molecular formula is C20H27N5O3. The minimum absolute atomic E-state index is 0.0501. The van der Waals surface area contributed by atoms with Crippen molar-refractivity contribution in [3.05, 3.63) is 35.0 Å².